The monoisotopic (exact) mass is 373 g/mol. The summed E-state index contributed by atoms with van der Waals surface area (Å²) in [4.78, 5) is 0. The molecule has 0 bridgehead atoms. The molecule has 1 N–H and O–H groups in total. The van der Waals surface area contributed by atoms with Crippen LogP contribution in [0.1, 0.15) is 12.0 Å². The van der Waals surface area contributed by atoms with Crippen LogP contribution < -0.4 is 9.46 Å². The van der Waals surface area contributed by atoms with Gasteiger partial charge in [-0.25, -0.2) is 13.1 Å². The molecule has 2 aromatic carbocycles. The Morgan fingerprint density at radius 3 is 2.43 bits per heavy atom. The maximum Gasteiger partial charge on any atom is 0.215 e. The number of hydrogen-bond acceptors (Lipinski definition) is 3. The van der Waals surface area contributed by atoms with E-state index < -0.39 is 10.0 Å². The van der Waals surface area contributed by atoms with Gasteiger partial charge in [0, 0.05) is 6.54 Å². The third-order valence-corrected chi connectivity index (χ3v) is 5.09. The van der Waals surface area contributed by atoms with Crippen LogP contribution in [0.15, 0.2) is 48.5 Å². The van der Waals surface area contributed by atoms with Crippen molar-refractivity contribution in [3.8, 4) is 5.75 Å². The smallest absolute Gasteiger partial charge is 0.215 e. The van der Waals surface area contributed by atoms with Crippen LogP contribution in [0.5, 0.6) is 5.75 Å². The Bertz CT molecular complexity index is 736. The Labute approximate surface area is 146 Å². The lowest BCUT2D eigenvalue weighted by molar-refractivity contribution is 0.311. The van der Waals surface area contributed by atoms with Gasteiger partial charge in [0.05, 0.1) is 22.4 Å². The molecule has 0 fully saturated rings. The summed E-state index contributed by atoms with van der Waals surface area (Å²) in [6.07, 6.45) is 0.579. The minimum atomic E-state index is -3.42. The van der Waals surface area contributed by atoms with Crippen LogP contribution in [0.2, 0.25) is 10.0 Å². The van der Waals surface area contributed by atoms with Gasteiger partial charge in [-0.3, -0.25) is 0 Å². The summed E-state index contributed by atoms with van der Waals surface area (Å²) in [7, 11) is -3.42. The standard InChI is InChI=1S/C16H17Cl2NO3S/c17-15-8-7-13(11-16(15)18)12-23(20,21)19-9-4-10-22-14-5-2-1-3-6-14/h1-3,5-8,11,19H,4,9-10,12H2. The quantitative estimate of drug-likeness (QED) is 0.714. The number of nitrogens with one attached hydrogen (secondary N) is 1. The highest BCUT2D eigenvalue weighted by Crippen LogP contribution is 2.23. The van der Waals surface area contributed by atoms with Crippen molar-refractivity contribution in [1.82, 2.24) is 4.72 Å². The van der Waals surface area contributed by atoms with Gasteiger partial charge in [0.15, 0.2) is 0 Å². The van der Waals surface area contributed by atoms with E-state index in [1.807, 2.05) is 30.3 Å². The Kier molecular flexibility index (Phi) is 6.72. The van der Waals surface area contributed by atoms with E-state index in [1.165, 1.54) is 0 Å². The van der Waals surface area contributed by atoms with Gasteiger partial charge in [-0.05, 0) is 36.2 Å². The maximum absolute atomic E-state index is 12.0. The van der Waals surface area contributed by atoms with E-state index in [2.05, 4.69) is 4.72 Å². The molecule has 7 heteroatoms. The van der Waals surface area contributed by atoms with Gasteiger partial charge in [0.25, 0.3) is 0 Å². The van der Waals surface area contributed by atoms with E-state index in [4.69, 9.17) is 27.9 Å². The van der Waals surface area contributed by atoms with Crippen LogP contribution in [0.3, 0.4) is 0 Å². The average Bonchev–Trinajstić information content (AvgIpc) is 2.51. The number of benzene rings is 2. The minimum Gasteiger partial charge on any atom is -0.494 e. The van der Waals surface area contributed by atoms with Crippen molar-refractivity contribution in [2.75, 3.05) is 13.2 Å². The van der Waals surface area contributed by atoms with Crippen molar-refractivity contribution in [2.24, 2.45) is 0 Å². The first kappa shape index (κ1) is 18.1. The van der Waals surface area contributed by atoms with E-state index in [1.54, 1.807) is 18.2 Å². The molecule has 0 aliphatic rings. The van der Waals surface area contributed by atoms with E-state index in [9.17, 15) is 8.42 Å². The van der Waals surface area contributed by atoms with Crippen LogP contribution in [0.4, 0.5) is 0 Å². The Morgan fingerprint density at radius 1 is 1.00 bits per heavy atom. The Morgan fingerprint density at radius 2 is 1.74 bits per heavy atom. The van der Waals surface area contributed by atoms with E-state index in [0.29, 0.717) is 35.2 Å². The zero-order valence-corrected chi connectivity index (χ0v) is 14.7. The molecule has 0 amide bonds. The molecule has 0 spiro atoms. The number of rotatable bonds is 8. The van der Waals surface area contributed by atoms with Crippen molar-refractivity contribution in [1.29, 1.82) is 0 Å². The summed E-state index contributed by atoms with van der Waals surface area (Å²) in [6.45, 7) is 0.760. The lowest BCUT2D eigenvalue weighted by atomic mass is 10.2. The van der Waals surface area contributed by atoms with Gasteiger partial charge in [0.1, 0.15) is 5.75 Å². The van der Waals surface area contributed by atoms with Crippen molar-refractivity contribution < 1.29 is 13.2 Å². The fourth-order valence-electron chi connectivity index (χ4n) is 1.91. The number of sulfonamides is 1. The third kappa shape index (κ3) is 6.39. The molecule has 0 radical (unpaired) electrons. The molecule has 0 unspecified atom stereocenters. The van der Waals surface area contributed by atoms with Crippen LogP contribution in [-0.2, 0) is 15.8 Å². The van der Waals surface area contributed by atoms with Crippen LogP contribution in [-0.4, -0.2) is 21.6 Å². The first-order valence-corrected chi connectivity index (χ1v) is 9.46. The molecular weight excluding hydrogens is 357 g/mol. The Balaban J connectivity index is 1.74. The van der Waals surface area contributed by atoms with Gasteiger partial charge in [0.2, 0.25) is 10.0 Å². The van der Waals surface area contributed by atoms with E-state index >= 15 is 0 Å². The summed E-state index contributed by atoms with van der Waals surface area (Å²) >= 11 is 11.7. The largest absolute Gasteiger partial charge is 0.494 e. The lowest BCUT2D eigenvalue weighted by Gasteiger charge is -2.09. The molecule has 2 rings (SSSR count). The van der Waals surface area contributed by atoms with Gasteiger partial charge in [-0.1, -0.05) is 47.5 Å². The number of halogens is 2. The highest BCUT2D eigenvalue weighted by Gasteiger charge is 2.12. The zero-order valence-electron chi connectivity index (χ0n) is 12.3. The molecule has 0 atom stereocenters. The van der Waals surface area contributed by atoms with Crippen molar-refractivity contribution >= 4 is 33.2 Å². The molecule has 124 valence electrons. The van der Waals surface area contributed by atoms with Gasteiger partial charge in [-0.15, -0.1) is 0 Å². The Hall–Kier alpha value is -1.27. The average molecular weight is 374 g/mol. The summed E-state index contributed by atoms with van der Waals surface area (Å²) in [5.41, 5.74) is 0.590. The molecule has 0 saturated carbocycles. The van der Waals surface area contributed by atoms with Crippen molar-refractivity contribution in [2.45, 2.75) is 12.2 Å². The second kappa shape index (κ2) is 8.55. The predicted molar refractivity (Wildman–Crippen MR) is 93.6 cm³/mol. The first-order chi connectivity index (χ1) is 11.0. The second-order valence-corrected chi connectivity index (χ2v) is 7.54. The van der Waals surface area contributed by atoms with Gasteiger partial charge < -0.3 is 4.74 Å². The molecule has 2 aromatic rings. The lowest BCUT2D eigenvalue weighted by Crippen LogP contribution is -2.27. The molecule has 23 heavy (non-hydrogen) atoms. The SMILES string of the molecule is O=S(=O)(Cc1ccc(Cl)c(Cl)c1)NCCCOc1ccccc1. The molecule has 0 aliphatic heterocycles. The summed E-state index contributed by atoms with van der Waals surface area (Å²) in [5.74, 6) is 0.634. The fraction of sp³-hybridized carbons (Fsp3) is 0.250. The molecule has 0 aromatic heterocycles. The summed E-state index contributed by atoms with van der Waals surface area (Å²) in [6, 6.07) is 14.2. The van der Waals surface area contributed by atoms with Crippen LogP contribution in [0.25, 0.3) is 0 Å². The highest BCUT2D eigenvalue weighted by molar-refractivity contribution is 7.88. The van der Waals surface area contributed by atoms with Crippen LogP contribution in [0, 0.1) is 0 Å². The van der Waals surface area contributed by atoms with Gasteiger partial charge >= 0.3 is 0 Å². The maximum atomic E-state index is 12.0. The molecule has 0 aliphatic carbocycles. The third-order valence-electron chi connectivity index (χ3n) is 3.00. The molecule has 0 saturated heterocycles. The van der Waals surface area contributed by atoms with E-state index in [0.717, 1.165) is 5.75 Å². The fourth-order valence-corrected chi connectivity index (χ4v) is 3.40. The normalized spacial score (nSPS) is 11.4. The molecule has 4 nitrogen and oxygen atoms in total. The number of ether oxygens (including phenoxy) is 1. The van der Waals surface area contributed by atoms with Gasteiger partial charge in [-0.2, -0.15) is 0 Å². The predicted octanol–water partition coefficient (Wildman–Crippen LogP) is 3.88. The number of para-hydroxylation sites is 1. The zero-order chi connectivity index (χ0) is 16.7. The topological polar surface area (TPSA) is 55.4 Å². The van der Waals surface area contributed by atoms with Crippen molar-refractivity contribution in [3.05, 3.63) is 64.1 Å². The highest BCUT2D eigenvalue weighted by atomic mass is 35.5. The second-order valence-electron chi connectivity index (χ2n) is 4.92. The first-order valence-electron chi connectivity index (χ1n) is 7.05. The summed E-state index contributed by atoms with van der Waals surface area (Å²) < 4.78 is 32.0. The minimum absolute atomic E-state index is 0.135. The van der Waals surface area contributed by atoms with Crippen molar-refractivity contribution in [3.63, 3.8) is 0 Å². The van der Waals surface area contributed by atoms with Crippen LogP contribution >= 0.6 is 23.2 Å². The molecule has 0 heterocycles. The molecular formula is C16H17Cl2NO3S. The number of hydrogen-bond donors (Lipinski definition) is 1. The summed E-state index contributed by atoms with van der Waals surface area (Å²) in [5, 5.41) is 0.745. The van der Waals surface area contributed by atoms with E-state index in [-0.39, 0.29) is 5.75 Å².